The Balaban J connectivity index is 2.24. The molecule has 0 saturated heterocycles. The van der Waals surface area contributed by atoms with Gasteiger partial charge in [0.2, 0.25) is 0 Å². The molecule has 0 aromatic carbocycles. The molecule has 1 aliphatic rings. The highest BCUT2D eigenvalue weighted by molar-refractivity contribution is 5.11. The highest BCUT2D eigenvalue weighted by atomic mass is 15.1. The molecule has 1 heterocycles. The van der Waals surface area contributed by atoms with Crippen LogP contribution >= 0.6 is 0 Å². The second-order valence-corrected chi connectivity index (χ2v) is 4.75. The van der Waals surface area contributed by atoms with Gasteiger partial charge >= 0.3 is 0 Å². The topological polar surface area (TPSA) is 29.9 Å². The van der Waals surface area contributed by atoms with Gasteiger partial charge in [-0.2, -0.15) is 0 Å². The van der Waals surface area contributed by atoms with Crippen LogP contribution in [0.25, 0.3) is 0 Å². The van der Waals surface area contributed by atoms with Crippen LogP contribution in [0.1, 0.15) is 56.6 Å². The maximum absolute atomic E-state index is 4.74. The first-order chi connectivity index (χ1) is 7.22. The summed E-state index contributed by atoms with van der Waals surface area (Å²) in [4.78, 5) is 4.74. The Morgan fingerprint density at radius 3 is 2.73 bits per heavy atom. The summed E-state index contributed by atoms with van der Waals surface area (Å²) in [5.41, 5.74) is 1.17. The molecule has 1 fully saturated rings. The predicted molar refractivity (Wildman–Crippen MR) is 62.0 cm³/mol. The maximum atomic E-state index is 4.74. The van der Waals surface area contributed by atoms with E-state index >= 15 is 0 Å². The van der Waals surface area contributed by atoms with E-state index in [9.17, 15) is 0 Å². The third-order valence-electron chi connectivity index (χ3n) is 3.20. The van der Waals surface area contributed by atoms with Gasteiger partial charge in [0.05, 0.1) is 5.69 Å². The molecule has 0 radical (unpaired) electrons. The Bertz CT molecular complexity index is 324. The molecule has 1 aliphatic carbocycles. The van der Waals surface area contributed by atoms with Crippen molar-refractivity contribution in [3.05, 3.63) is 17.7 Å². The maximum Gasteiger partial charge on any atom is 0.112 e. The fourth-order valence-electron chi connectivity index (χ4n) is 2.11. The van der Waals surface area contributed by atoms with Gasteiger partial charge in [-0.05, 0) is 33.7 Å². The van der Waals surface area contributed by atoms with Gasteiger partial charge in [-0.15, -0.1) is 0 Å². The monoisotopic (exact) mass is 207 g/mol. The van der Waals surface area contributed by atoms with E-state index < -0.39 is 0 Å². The van der Waals surface area contributed by atoms with E-state index in [1.54, 1.807) is 0 Å². The minimum absolute atomic E-state index is 0.527. The number of nitrogens with one attached hydrogen (secondary N) is 1. The molecule has 0 unspecified atom stereocenters. The molecule has 3 heteroatoms. The van der Waals surface area contributed by atoms with Crippen LogP contribution in [-0.2, 0) is 6.54 Å². The van der Waals surface area contributed by atoms with E-state index in [-0.39, 0.29) is 0 Å². The van der Waals surface area contributed by atoms with Crippen LogP contribution in [0, 0.1) is 0 Å². The van der Waals surface area contributed by atoms with E-state index in [1.165, 1.54) is 30.8 Å². The summed E-state index contributed by atoms with van der Waals surface area (Å²) in [7, 11) is 1.97. The third kappa shape index (κ3) is 2.07. The molecule has 0 aliphatic heterocycles. The lowest BCUT2D eigenvalue weighted by Crippen LogP contribution is -2.16. The normalized spacial score (nSPS) is 17.1. The van der Waals surface area contributed by atoms with Gasteiger partial charge < -0.3 is 9.88 Å². The molecule has 0 amide bonds. The van der Waals surface area contributed by atoms with Gasteiger partial charge in [0.1, 0.15) is 5.82 Å². The zero-order valence-corrected chi connectivity index (χ0v) is 9.95. The molecule has 0 bridgehead atoms. The third-order valence-corrected chi connectivity index (χ3v) is 3.20. The summed E-state index contributed by atoms with van der Waals surface area (Å²) < 4.78 is 2.34. The predicted octanol–water partition coefficient (Wildman–Crippen LogP) is 2.45. The molecule has 84 valence electrons. The Hall–Kier alpha value is -0.830. The molecular formula is C12H21N3. The van der Waals surface area contributed by atoms with Crippen molar-refractivity contribution in [2.45, 2.75) is 51.6 Å². The zero-order valence-electron chi connectivity index (χ0n) is 9.95. The number of aromatic nitrogens is 2. The molecule has 1 saturated carbocycles. The van der Waals surface area contributed by atoms with Gasteiger partial charge in [0.25, 0.3) is 0 Å². The first-order valence-corrected chi connectivity index (χ1v) is 5.94. The van der Waals surface area contributed by atoms with Crippen molar-refractivity contribution in [2.24, 2.45) is 0 Å². The molecular weight excluding hydrogens is 186 g/mol. The van der Waals surface area contributed by atoms with Crippen molar-refractivity contribution in [1.82, 2.24) is 14.9 Å². The molecule has 15 heavy (non-hydrogen) atoms. The molecule has 1 N–H and O–H groups in total. The van der Waals surface area contributed by atoms with Gasteiger partial charge in [-0.1, -0.05) is 6.42 Å². The quantitative estimate of drug-likeness (QED) is 0.822. The molecule has 2 rings (SSSR count). The van der Waals surface area contributed by atoms with Gasteiger partial charge in [0, 0.05) is 24.7 Å². The summed E-state index contributed by atoms with van der Waals surface area (Å²) in [6.45, 7) is 5.33. The average molecular weight is 207 g/mol. The fourth-order valence-corrected chi connectivity index (χ4v) is 2.11. The standard InChI is InChI=1S/C12H21N3/c1-9(2)15-8-11(7-13-3)14-12(15)10-5-4-6-10/h8-10,13H,4-7H2,1-3H3. The summed E-state index contributed by atoms with van der Waals surface area (Å²) in [6.07, 6.45) is 6.22. The lowest BCUT2D eigenvalue weighted by Gasteiger charge is -2.26. The Morgan fingerprint density at radius 1 is 1.53 bits per heavy atom. The molecule has 3 nitrogen and oxygen atoms in total. The van der Waals surface area contributed by atoms with Crippen molar-refractivity contribution < 1.29 is 0 Å². The van der Waals surface area contributed by atoms with Gasteiger partial charge in [-0.3, -0.25) is 0 Å². The minimum atomic E-state index is 0.527. The number of rotatable bonds is 4. The van der Waals surface area contributed by atoms with E-state index in [2.05, 4.69) is 29.9 Å². The van der Waals surface area contributed by atoms with Crippen molar-refractivity contribution in [2.75, 3.05) is 7.05 Å². The Labute approximate surface area is 91.9 Å². The van der Waals surface area contributed by atoms with Crippen molar-refractivity contribution in [3.63, 3.8) is 0 Å². The van der Waals surface area contributed by atoms with Crippen LogP contribution in [-0.4, -0.2) is 16.6 Å². The highest BCUT2D eigenvalue weighted by Gasteiger charge is 2.25. The number of hydrogen-bond acceptors (Lipinski definition) is 2. The molecule has 0 atom stereocenters. The first kappa shape index (κ1) is 10.7. The summed E-state index contributed by atoms with van der Waals surface area (Å²) >= 11 is 0. The number of hydrogen-bond donors (Lipinski definition) is 1. The van der Waals surface area contributed by atoms with Crippen LogP contribution in [0.3, 0.4) is 0 Å². The Morgan fingerprint density at radius 2 is 2.27 bits per heavy atom. The summed E-state index contributed by atoms with van der Waals surface area (Å²) in [6, 6.07) is 0.527. The molecule has 1 aromatic rings. The van der Waals surface area contributed by atoms with Crippen LogP contribution in [0.2, 0.25) is 0 Å². The first-order valence-electron chi connectivity index (χ1n) is 5.94. The summed E-state index contributed by atoms with van der Waals surface area (Å²) in [5, 5.41) is 3.16. The lowest BCUT2D eigenvalue weighted by molar-refractivity contribution is 0.378. The number of nitrogens with zero attached hydrogens (tertiary/aromatic N) is 2. The van der Waals surface area contributed by atoms with Crippen LogP contribution in [0.15, 0.2) is 6.20 Å². The van der Waals surface area contributed by atoms with Crippen LogP contribution in [0.5, 0.6) is 0 Å². The second kappa shape index (κ2) is 4.35. The van der Waals surface area contributed by atoms with E-state index in [0.717, 1.165) is 12.5 Å². The smallest absolute Gasteiger partial charge is 0.112 e. The van der Waals surface area contributed by atoms with Crippen molar-refractivity contribution in [3.8, 4) is 0 Å². The molecule has 0 spiro atoms. The van der Waals surface area contributed by atoms with Crippen LogP contribution in [0.4, 0.5) is 0 Å². The molecule has 1 aromatic heterocycles. The van der Waals surface area contributed by atoms with E-state index in [1.807, 2.05) is 7.05 Å². The highest BCUT2D eigenvalue weighted by Crippen LogP contribution is 2.36. The average Bonchev–Trinajstić information content (AvgIpc) is 2.46. The fraction of sp³-hybridized carbons (Fsp3) is 0.750. The SMILES string of the molecule is CNCc1cn(C(C)C)c(C2CCC2)n1. The number of imidazole rings is 1. The minimum Gasteiger partial charge on any atom is -0.332 e. The van der Waals surface area contributed by atoms with Crippen molar-refractivity contribution >= 4 is 0 Å². The van der Waals surface area contributed by atoms with Crippen LogP contribution < -0.4 is 5.32 Å². The van der Waals surface area contributed by atoms with Gasteiger partial charge in [0.15, 0.2) is 0 Å². The van der Waals surface area contributed by atoms with Gasteiger partial charge in [-0.25, -0.2) is 4.98 Å². The lowest BCUT2D eigenvalue weighted by atomic mass is 9.84. The van der Waals surface area contributed by atoms with E-state index in [0.29, 0.717) is 6.04 Å². The second-order valence-electron chi connectivity index (χ2n) is 4.75. The van der Waals surface area contributed by atoms with Crippen molar-refractivity contribution in [1.29, 1.82) is 0 Å². The summed E-state index contributed by atoms with van der Waals surface area (Å²) in [5.74, 6) is 2.03. The Kier molecular flexibility index (Phi) is 3.10. The largest absolute Gasteiger partial charge is 0.332 e. The van der Waals surface area contributed by atoms with E-state index in [4.69, 9.17) is 4.98 Å². The zero-order chi connectivity index (χ0) is 10.8.